The number of halogens is 1. The maximum Gasteiger partial charge on any atom is 0.123 e. The van der Waals surface area contributed by atoms with Crippen molar-refractivity contribution >= 4 is 0 Å². The van der Waals surface area contributed by atoms with Crippen molar-refractivity contribution < 1.29 is 14.2 Å². The largest absolute Gasteiger partial charge is 0.385 e. The topological polar surface area (TPSA) is 29.5 Å². The van der Waals surface area contributed by atoms with E-state index >= 15 is 0 Å². The maximum absolute atomic E-state index is 13.0. The summed E-state index contributed by atoms with van der Waals surface area (Å²) in [5.74, 6) is -0.259. The van der Waals surface area contributed by atoms with E-state index in [-0.39, 0.29) is 11.4 Å². The van der Waals surface area contributed by atoms with Crippen molar-refractivity contribution in [1.29, 1.82) is 0 Å². The van der Waals surface area contributed by atoms with E-state index in [9.17, 15) is 9.50 Å². The molecule has 1 aliphatic carbocycles. The second-order valence-electron chi connectivity index (χ2n) is 5.70. The molecule has 1 atom stereocenters. The first-order valence-electron chi connectivity index (χ1n) is 6.74. The number of benzene rings is 1. The van der Waals surface area contributed by atoms with E-state index in [1.54, 1.807) is 12.1 Å². The summed E-state index contributed by atoms with van der Waals surface area (Å²) in [5.41, 5.74) is -0.170. The minimum atomic E-state index is -0.851. The van der Waals surface area contributed by atoms with Crippen molar-refractivity contribution in [3.8, 4) is 0 Å². The minimum Gasteiger partial charge on any atom is -0.385 e. The van der Waals surface area contributed by atoms with Crippen LogP contribution in [0, 0.1) is 5.82 Å². The third-order valence-electron chi connectivity index (χ3n) is 4.43. The second kappa shape index (κ2) is 4.32. The third kappa shape index (κ3) is 2.06. The quantitative estimate of drug-likeness (QED) is 0.829. The van der Waals surface area contributed by atoms with Crippen LogP contribution >= 0.6 is 0 Å². The molecule has 1 aliphatic heterocycles. The van der Waals surface area contributed by atoms with Gasteiger partial charge < -0.3 is 9.84 Å². The van der Waals surface area contributed by atoms with Gasteiger partial charge in [-0.25, -0.2) is 4.39 Å². The van der Waals surface area contributed by atoms with Gasteiger partial charge in [0.25, 0.3) is 0 Å². The van der Waals surface area contributed by atoms with Gasteiger partial charge in [0.1, 0.15) is 5.82 Å². The summed E-state index contributed by atoms with van der Waals surface area (Å²) in [4.78, 5) is 0. The average molecular weight is 250 g/mol. The number of ether oxygens (including phenoxy) is 1. The number of rotatable bonds is 1. The molecule has 3 heteroatoms. The highest BCUT2D eigenvalue weighted by molar-refractivity contribution is 5.24. The molecule has 1 unspecified atom stereocenters. The Balaban J connectivity index is 1.87. The van der Waals surface area contributed by atoms with Crippen molar-refractivity contribution in [1.82, 2.24) is 0 Å². The average Bonchev–Trinajstić information content (AvgIpc) is 2.77. The summed E-state index contributed by atoms with van der Waals surface area (Å²) in [5, 5.41) is 10.9. The molecular formula is C15H19FO2. The first-order valence-corrected chi connectivity index (χ1v) is 6.74. The Morgan fingerprint density at radius 2 is 1.72 bits per heavy atom. The van der Waals surface area contributed by atoms with Crippen LogP contribution in [0.3, 0.4) is 0 Å². The molecule has 3 rings (SSSR count). The van der Waals surface area contributed by atoms with Crippen molar-refractivity contribution in [2.75, 3.05) is 6.61 Å². The van der Waals surface area contributed by atoms with Crippen LogP contribution in [0.15, 0.2) is 24.3 Å². The molecule has 0 radical (unpaired) electrons. The van der Waals surface area contributed by atoms with Gasteiger partial charge in [-0.3, -0.25) is 0 Å². The molecular weight excluding hydrogens is 231 g/mol. The predicted molar refractivity (Wildman–Crippen MR) is 66.7 cm³/mol. The minimum absolute atomic E-state index is 0.138. The van der Waals surface area contributed by atoms with Crippen LogP contribution in [0.4, 0.5) is 4.39 Å². The summed E-state index contributed by atoms with van der Waals surface area (Å²) < 4.78 is 18.9. The maximum atomic E-state index is 13.0. The molecule has 1 aromatic rings. The van der Waals surface area contributed by atoms with E-state index in [1.807, 2.05) is 0 Å². The van der Waals surface area contributed by atoms with Gasteiger partial charge in [0.05, 0.1) is 17.8 Å². The molecule has 0 amide bonds. The lowest BCUT2D eigenvalue weighted by atomic mass is 9.77. The predicted octanol–water partition coefficient (Wildman–Crippen LogP) is 3.14. The summed E-state index contributed by atoms with van der Waals surface area (Å²) in [6.45, 7) is 0.591. The van der Waals surface area contributed by atoms with Crippen LogP contribution in [0.1, 0.15) is 44.1 Å². The van der Waals surface area contributed by atoms with Crippen LogP contribution in [-0.4, -0.2) is 17.3 Å². The van der Waals surface area contributed by atoms with Crippen LogP contribution in [-0.2, 0) is 10.3 Å². The van der Waals surface area contributed by atoms with E-state index in [4.69, 9.17) is 4.74 Å². The van der Waals surface area contributed by atoms with Gasteiger partial charge in [-0.1, -0.05) is 25.0 Å². The summed E-state index contributed by atoms with van der Waals surface area (Å²) in [7, 11) is 0. The molecule has 0 aromatic heterocycles. The van der Waals surface area contributed by atoms with E-state index in [0.717, 1.165) is 18.4 Å². The molecule has 1 aromatic carbocycles. The summed E-state index contributed by atoms with van der Waals surface area (Å²) in [6, 6.07) is 6.24. The zero-order chi connectivity index (χ0) is 12.6. The monoisotopic (exact) mass is 250 g/mol. The third-order valence-corrected chi connectivity index (χ3v) is 4.43. The molecule has 0 bridgehead atoms. The van der Waals surface area contributed by atoms with E-state index < -0.39 is 5.60 Å². The van der Waals surface area contributed by atoms with Gasteiger partial charge >= 0.3 is 0 Å². The van der Waals surface area contributed by atoms with Gasteiger partial charge in [0, 0.05) is 12.8 Å². The molecule has 1 saturated carbocycles. The van der Waals surface area contributed by atoms with Crippen LogP contribution in [0.2, 0.25) is 0 Å². The van der Waals surface area contributed by atoms with Crippen LogP contribution in [0.5, 0.6) is 0 Å². The lowest BCUT2D eigenvalue weighted by molar-refractivity contribution is -0.161. The fraction of sp³-hybridized carbons (Fsp3) is 0.600. The van der Waals surface area contributed by atoms with Crippen LogP contribution in [0.25, 0.3) is 0 Å². The number of hydrogen-bond donors (Lipinski definition) is 1. The molecule has 2 fully saturated rings. The van der Waals surface area contributed by atoms with Crippen molar-refractivity contribution in [3.63, 3.8) is 0 Å². The van der Waals surface area contributed by atoms with Crippen molar-refractivity contribution in [2.24, 2.45) is 0 Å². The zero-order valence-corrected chi connectivity index (χ0v) is 10.5. The normalized spacial score (nSPS) is 30.8. The van der Waals surface area contributed by atoms with Gasteiger partial charge in [-0.2, -0.15) is 0 Å². The first kappa shape index (κ1) is 12.1. The van der Waals surface area contributed by atoms with E-state index in [2.05, 4.69) is 0 Å². The molecule has 98 valence electrons. The fourth-order valence-corrected chi connectivity index (χ4v) is 3.46. The highest BCUT2D eigenvalue weighted by Gasteiger charge is 2.47. The Labute approximate surface area is 107 Å². The smallest absolute Gasteiger partial charge is 0.123 e. The van der Waals surface area contributed by atoms with Gasteiger partial charge in [0.15, 0.2) is 0 Å². The number of aliphatic hydroxyl groups is 1. The van der Waals surface area contributed by atoms with Gasteiger partial charge in [-0.05, 0) is 30.5 Å². The van der Waals surface area contributed by atoms with Gasteiger partial charge in [0.2, 0.25) is 0 Å². The highest BCUT2D eigenvalue weighted by atomic mass is 19.1. The van der Waals surface area contributed by atoms with Crippen molar-refractivity contribution in [3.05, 3.63) is 35.6 Å². The Bertz CT molecular complexity index is 423. The summed E-state index contributed by atoms with van der Waals surface area (Å²) >= 11 is 0. The van der Waals surface area contributed by atoms with Gasteiger partial charge in [-0.15, -0.1) is 0 Å². The lowest BCUT2D eigenvalue weighted by Crippen LogP contribution is -2.45. The lowest BCUT2D eigenvalue weighted by Gasteiger charge is -2.43. The molecule has 1 saturated heterocycles. The molecule has 2 nitrogen and oxygen atoms in total. The Morgan fingerprint density at radius 1 is 1.06 bits per heavy atom. The Morgan fingerprint density at radius 3 is 2.39 bits per heavy atom. The van der Waals surface area contributed by atoms with E-state index in [1.165, 1.54) is 25.0 Å². The molecule has 1 heterocycles. The Kier molecular flexibility index (Phi) is 2.91. The SMILES string of the molecule is OC1(c2ccc(F)cc2)CCOC2(CCCC2)C1. The molecule has 18 heavy (non-hydrogen) atoms. The van der Waals surface area contributed by atoms with E-state index in [0.29, 0.717) is 19.4 Å². The molecule has 1 spiro atoms. The molecule has 2 aliphatic rings. The second-order valence-corrected chi connectivity index (χ2v) is 5.70. The highest BCUT2D eigenvalue weighted by Crippen LogP contribution is 2.47. The molecule has 1 N–H and O–H groups in total. The number of hydrogen-bond acceptors (Lipinski definition) is 2. The Hall–Kier alpha value is -0.930. The fourth-order valence-electron chi connectivity index (χ4n) is 3.46. The zero-order valence-electron chi connectivity index (χ0n) is 10.5. The standard InChI is InChI=1S/C15H19FO2/c16-13-5-3-12(4-6-13)15(17)9-10-18-14(11-15)7-1-2-8-14/h3-6,17H,1-2,7-11H2. The van der Waals surface area contributed by atoms with Crippen molar-refractivity contribution in [2.45, 2.75) is 49.7 Å². The first-order chi connectivity index (χ1) is 8.62. The van der Waals surface area contributed by atoms with Crippen LogP contribution < -0.4 is 0 Å². The summed E-state index contributed by atoms with van der Waals surface area (Å²) in [6.07, 6.45) is 5.68.